The zero-order chi connectivity index (χ0) is 13.1. The Bertz CT molecular complexity index is 515. The fourth-order valence-electron chi connectivity index (χ4n) is 2.99. The summed E-state index contributed by atoms with van der Waals surface area (Å²) in [5.41, 5.74) is 4.07. The fraction of sp³-hybridized carbons (Fsp3) is 0.333. The standard InChI is InChI=1S/C18H21N/c1-14-11-12-19-13-18(14)17-9-7-16(8-10-17)15-5-3-2-4-6-15/h2-10,14,18-19H,11-13H2,1H3. The molecule has 1 heterocycles. The van der Waals surface area contributed by atoms with E-state index in [0.29, 0.717) is 5.92 Å². The van der Waals surface area contributed by atoms with E-state index in [0.717, 1.165) is 12.5 Å². The highest BCUT2D eigenvalue weighted by Gasteiger charge is 2.22. The first-order valence-corrected chi connectivity index (χ1v) is 7.21. The summed E-state index contributed by atoms with van der Waals surface area (Å²) in [7, 11) is 0. The van der Waals surface area contributed by atoms with Crippen LogP contribution in [0.2, 0.25) is 0 Å². The van der Waals surface area contributed by atoms with E-state index < -0.39 is 0 Å². The summed E-state index contributed by atoms with van der Waals surface area (Å²) in [6.45, 7) is 4.65. The Balaban J connectivity index is 1.83. The van der Waals surface area contributed by atoms with E-state index >= 15 is 0 Å². The van der Waals surface area contributed by atoms with E-state index in [2.05, 4.69) is 66.8 Å². The molecule has 0 spiro atoms. The first-order chi connectivity index (χ1) is 9.34. The highest BCUT2D eigenvalue weighted by Crippen LogP contribution is 2.30. The maximum Gasteiger partial charge on any atom is 0.00227 e. The molecule has 1 N–H and O–H groups in total. The van der Waals surface area contributed by atoms with Crippen molar-refractivity contribution >= 4 is 0 Å². The van der Waals surface area contributed by atoms with Gasteiger partial charge in [0, 0.05) is 6.54 Å². The molecule has 0 amide bonds. The van der Waals surface area contributed by atoms with Crippen molar-refractivity contribution in [3.63, 3.8) is 0 Å². The van der Waals surface area contributed by atoms with E-state index in [9.17, 15) is 0 Å². The molecule has 1 saturated heterocycles. The molecule has 1 fully saturated rings. The number of nitrogens with one attached hydrogen (secondary N) is 1. The summed E-state index contributed by atoms with van der Waals surface area (Å²) in [6, 6.07) is 19.7. The highest BCUT2D eigenvalue weighted by molar-refractivity contribution is 5.63. The Labute approximate surface area is 115 Å². The van der Waals surface area contributed by atoms with Crippen molar-refractivity contribution < 1.29 is 0 Å². The van der Waals surface area contributed by atoms with Gasteiger partial charge in [-0.1, -0.05) is 61.5 Å². The van der Waals surface area contributed by atoms with Crippen molar-refractivity contribution in [1.82, 2.24) is 5.32 Å². The lowest BCUT2D eigenvalue weighted by Gasteiger charge is -2.30. The minimum atomic E-state index is 0.665. The lowest BCUT2D eigenvalue weighted by molar-refractivity contribution is 0.348. The van der Waals surface area contributed by atoms with E-state index in [1.54, 1.807) is 0 Å². The average molecular weight is 251 g/mol. The molecule has 0 bridgehead atoms. The van der Waals surface area contributed by atoms with Gasteiger partial charge >= 0.3 is 0 Å². The van der Waals surface area contributed by atoms with E-state index in [1.807, 2.05) is 0 Å². The van der Waals surface area contributed by atoms with Crippen LogP contribution >= 0.6 is 0 Å². The molecule has 98 valence electrons. The molecule has 19 heavy (non-hydrogen) atoms. The average Bonchev–Trinajstić information content (AvgIpc) is 2.49. The molecule has 1 heteroatoms. The van der Waals surface area contributed by atoms with Crippen molar-refractivity contribution in [3.05, 3.63) is 60.2 Å². The first-order valence-electron chi connectivity index (χ1n) is 7.21. The van der Waals surface area contributed by atoms with Gasteiger partial charge in [-0.25, -0.2) is 0 Å². The van der Waals surface area contributed by atoms with Crippen LogP contribution < -0.4 is 5.32 Å². The summed E-state index contributed by atoms with van der Waals surface area (Å²) in [6.07, 6.45) is 1.28. The van der Waals surface area contributed by atoms with Crippen LogP contribution in [0.25, 0.3) is 11.1 Å². The number of rotatable bonds is 2. The normalized spacial score (nSPS) is 23.2. The number of piperidine rings is 1. The second kappa shape index (κ2) is 5.58. The minimum absolute atomic E-state index is 0.665. The molecular formula is C18H21N. The monoisotopic (exact) mass is 251 g/mol. The van der Waals surface area contributed by atoms with Gasteiger partial charge in [-0.3, -0.25) is 0 Å². The molecular weight excluding hydrogens is 230 g/mol. The summed E-state index contributed by atoms with van der Waals surface area (Å²) in [4.78, 5) is 0. The Morgan fingerprint density at radius 3 is 2.26 bits per heavy atom. The Hall–Kier alpha value is -1.60. The van der Waals surface area contributed by atoms with Gasteiger partial charge in [-0.15, -0.1) is 0 Å². The van der Waals surface area contributed by atoms with Gasteiger partial charge in [0.15, 0.2) is 0 Å². The predicted octanol–water partition coefficient (Wildman–Crippen LogP) is 4.07. The Morgan fingerprint density at radius 2 is 1.58 bits per heavy atom. The van der Waals surface area contributed by atoms with E-state index in [4.69, 9.17) is 0 Å². The molecule has 0 saturated carbocycles. The lowest BCUT2D eigenvalue weighted by atomic mass is 9.82. The molecule has 2 unspecified atom stereocenters. The van der Waals surface area contributed by atoms with E-state index in [1.165, 1.54) is 29.7 Å². The molecule has 1 aliphatic rings. The largest absolute Gasteiger partial charge is 0.316 e. The van der Waals surface area contributed by atoms with Crippen molar-refractivity contribution in [2.75, 3.05) is 13.1 Å². The highest BCUT2D eigenvalue weighted by atomic mass is 14.9. The van der Waals surface area contributed by atoms with Gasteiger partial charge in [0.2, 0.25) is 0 Å². The van der Waals surface area contributed by atoms with Crippen molar-refractivity contribution in [1.29, 1.82) is 0 Å². The molecule has 0 aliphatic carbocycles. The van der Waals surface area contributed by atoms with Gasteiger partial charge in [0.1, 0.15) is 0 Å². The third-order valence-electron chi connectivity index (χ3n) is 4.27. The second-order valence-electron chi connectivity index (χ2n) is 5.56. The van der Waals surface area contributed by atoms with E-state index in [-0.39, 0.29) is 0 Å². The topological polar surface area (TPSA) is 12.0 Å². The zero-order valence-electron chi connectivity index (χ0n) is 11.5. The third-order valence-corrected chi connectivity index (χ3v) is 4.27. The Kier molecular flexibility index (Phi) is 3.65. The quantitative estimate of drug-likeness (QED) is 0.848. The van der Waals surface area contributed by atoms with Gasteiger partial charge in [0.25, 0.3) is 0 Å². The molecule has 2 atom stereocenters. The van der Waals surface area contributed by atoms with Crippen LogP contribution in [0.4, 0.5) is 0 Å². The predicted molar refractivity (Wildman–Crippen MR) is 81.3 cm³/mol. The minimum Gasteiger partial charge on any atom is -0.316 e. The number of benzene rings is 2. The number of hydrogen-bond acceptors (Lipinski definition) is 1. The van der Waals surface area contributed by atoms with Crippen LogP contribution in [0.15, 0.2) is 54.6 Å². The van der Waals surface area contributed by atoms with Crippen molar-refractivity contribution in [3.8, 4) is 11.1 Å². The molecule has 1 aliphatic heterocycles. The molecule has 2 aromatic rings. The lowest BCUT2D eigenvalue weighted by Crippen LogP contribution is -2.33. The summed E-state index contributed by atoms with van der Waals surface area (Å²) >= 11 is 0. The van der Waals surface area contributed by atoms with Crippen molar-refractivity contribution in [2.24, 2.45) is 5.92 Å². The summed E-state index contributed by atoms with van der Waals surface area (Å²) in [5.74, 6) is 1.45. The van der Waals surface area contributed by atoms with Crippen LogP contribution in [0.3, 0.4) is 0 Å². The smallest absolute Gasteiger partial charge is 0.00227 e. The molecule has 0 radical (unpaired) electrons. The third kappa shape index (κ3) is 2.71. The van der Waals surface area contributed by atoms with Gasteiger partial charge in [-0.2, -0.15) is 0 Å². The molecule has 0 aromatic heterocycles. The van der Waals surface area contributed by atoms with Gasteiger partial charge in [-0.05, 0) is 41.5 Å². The Morgan fingerprint density at radius 1 is 0.895 bits per heavy atom. The fourth-order valence-corrected chi connectivity index (χ4v) is 2.99. The van der Waals surface area contributed by atoms with Crippen LogP contribution in [0.5, 0.6) is 0 Å². The maximum atomic E-state index is 3.51. The van der Waals surface area contributed by atoms with Crippen molar-refractivity contribution in [2.45, 2.75) is 19.3 Å². The molecule has 3 rings (SSSR count). The van der Waals surface area contributed by atoms with Crippen LogP contribution in [0, 0.1) is 5.92 Å². The maximum absolute atomic E-state index is 3.51. The molecule has 1 nitrogen and oxygen atoms in total. The van der Waals surface area contributed by atoms with Crippen LogP contribution in [0.1, 0.15) is 24.8 Å². The molecule has 2 aromatic carbocycles. The van der Waals surface area contributed by atoms with Gasteiger partial charge < -0.3 is 5.32 Å². The first kappa shape index (κ1) is 12.4. The van der Waals surface area contributed by atoms with Crippen LogP contribution in [-0.4, -0.2) is 13.1 Å². The zero-order valence-corrected chi connectivity index (χ0v) is 11.5. The van der Waals surface area contributed by atoms with Gasteiger partial charge in [0.05, 0.1) is 0 Å². The number of hydrogen-bond donors (Lipinski definition) is 1. The SMILES string of the molecule is CC1CCNCC1c1ccc(-c2ccccc2)cc1. The second-order valence-corrected chi connectivity index (χ2v) is 5.56. The summed E-state index contributed by atoms with van der Waals surface area (Å²) in [5, 5.41) is 3.51. The van der Waals surface area contributed by atoms with Crippen LogP contribution in [-0.2, 0) is 0 Å². The summed E-state index contributed by atoms with van der Waals surface area (Å²) < 4.78 is 0.